The van der Waals surface area contributed by atoms with E-state index in [1.54, 1.807) is 0 Å². The van der Waals surface area contributed by atoms with Crippen LogP contribution in [0.5, 0.6) is 0 Å². The van der Waals surface area contributed by atoms with Gasteiger partial charge in [-0.1, -0.05) is 59.8 Å². The Labute approximate surface area is 296 Å². The van der Waals surface area contributed by atoms with Gasteiger partial charge in [0.15, 0.2) is 0 Å². The Bertz CT molecular complexity index is 879. The van der Waals surface area contributed by atoms with Gasteiger partial charge in [0.25, 0.3) is 0 Å². The Hall–Kier alpha value is -0.280. The molecule has 4 aliphatic carbocycles. The number of fused-ring (bicyclic) bond motifs is 5. The second-order valence-electron chi connectivity index (χ2n) is 17.0. The molecule has 48 heavy (non-hydrogen) atoms. The summed E-state index contributed by atoms with van der Waals surface area (Å²) in [5, 5.41) is 0. The summed E-state index contributed by atoms with van der Waals surface area (Å²) in [6.07, 6.45) is 22.6. The molecule has 0 heterocycles. The molecular weight excluding hydrogens is 598 g/mol. The van der Waals surface area contributed by atoms with Crippen LogP contribution in [0.15, 0.2) is 0 Å². The van der Waals surface area contributed by atoms with Gasteiger partial charge in [-0.25, -0.2) is 0 Å². The highest BCUT2D eigenvalue weighted by atomic mass is 16.5. The SMILES string of the molecule is CCCCCCCCOCCC[C@@H](C)C1CC[C@H]2C3[C@H](OCCCN)CC4C[C@H](OCCCN)CC[C@]4(C)[C@H]3C[C@H](OCCCN)[C@]12C. The van der Waals surface area contributed by atoms with Gasteiger partial charge in [0.1, 0.15) is 0 Å². The van der Waals surface area contributed by atoms with Crippen molar-refractivity contribution in [1.29, 1.82) is 0 Å². The van der Waals surface area contributed by atoms with Crippen LogP contribution in [0.4, 0.5) is 0 Å². The fourth-order valence-electron chi connectivity index (χ4n) is 11.4. The molecule has 0 radical (unpaired) electrons. The van der Waals surface area contributed by atoms with Gasteiger partial charge in [-0.3, -0.25) is 0 Å². The van der Waals surface area contributed by atoms with Crippen LogP contribution < -0.4 is 17.2 Å². The number of nitrogens with two attached hydrogens (primary N) is 3. The lowest BCUT2D eigenvalue weighted by Gasteiger charge is -2.65. The molecule has 282 valence electrons. The lowest BCUT2D eigenvalue weighted by molar-refractivity contribution is -0.227. The van der Waals surface area contributed by atoms with E-state index >= 15 is 0 Å². The fraction of sp³-hybridized carbons (Fsp3) is 1.00. The summed E-state index contributed by atoms with van der Waals surface area (Å²) >= 11 is 0. The van der Waals surface area contributed by atoms with Gasteiger partial charge in [0.05, 0.1) is 18.3 Å². The highest BCUT2D eigenvalue weighted by molar-refractivity contribution is 5.15. The smallest absolute Gasteiger partial charge is 0.0637 e. The van der Waals surface area contributed by atoms with E-state index in [0.29, 0.717) is 72.8 Å². The minimum Gasteiger partial charge on any atom is -0.381 e. The molecule has 0 spiro atoms. The zero-order valence-electron chi connectivity index (χ0n) is 31.9. The Morgan fingerprint density at radius 3 is 2.06 bits per heavy atom. The molecule has 6 N–H and O–H groups in total. The molecule has 11 atom stereocenters. The molecular formula is C41H79N3O4. The van der Waals surface area contributed by atoms with Crippen LogP contribution in [0.1, 0.15) is 143 Å². The predicted molar refractivity (Wildman–Crippen MR) is 199 cm³/mol. The molecule has 0 bridgehead atoms. The summed E-state index contributed by atoms with van der Waals surface area (Å²) in [6, 6.07) is 0. The van der Waals surface area contributed by atoms with Crippen LogP contribution in [0, 0.1) is 46.3 Å². The third-order valence-electron chi connectivity index (χ3n) is 14.1. The Morgan fingerprint density at radius 1 is 0.667 bits per heavy atom. The van der Waals surface area contributed by atoms with E-state index in [4.69, 9.17) is 36.1 Å². The topological polar surface area (TPSA) is 115 Å². The van der Waals surface area contributed by atoms with Crippen LogP contribution in [-0.2, 0) is 18.9 Å². The summed E-state index contributed by atoms with van der Waals surface area (Å²) in [5.41, 5.74) is 18.2. The van der Waals surface area contributed by atoms with Crippen LogP contribution in [0.2, 0.25) is 0 Å². The maximum Gasteiger partial charge on any atom is 0.0637 e. The van der Waals surface area contributed by atoms with E-state index < -0.39 is 0 Å². The van der Waals surface area contributed by atoms with E-state index in [2.05, 4.69) is 27.7 Å². The molecule has 7 nitrogen and oxygen atoms in total. The maximum atomic E-state index is 7.02. The maximum absolute atomic E-state index is 7.02. The Balaban J connectivity index is 1.46. The summed E-state index contributed by atoms with van der Waals surface area (Å²) in [5.74, 6) is 3.81. The van der Waals surface area contributed by atoms with E-state index in [1.165, 1.54) is 77.0 Å². The first-order valence-electron chi connectivity index (χ1n) is 20.9. The standard InChI is InChI=1S/C41H79N3O4/c1-5-6-7-8-9-10-23-45-24-11-15-31(2)34-16-17-35-39-36(30-38(41(34,35)4)48-27-14-22-44)40(3)19-18-33(46-25-12-20-42)28-32(40)29-37(39)47-26-13-21-43/h31-39H,5-30,42-44H2,1-4H3/t31-,32?,33-,34?,35+,36+,37-,38+,39?,40+,41-/m1/s1. The minimum atomic E-state index is 0.162. The molecule has 0 aromatic rings. The van der Waals surface area contributed by atoms with Gasteiger partial charge in [0.2, 0.25) is 0 Å². The van der Waals surface area contributed by atoms with Crippen molar-refractivity contribution in [3.63, 3.8) is 0 Å². The van der Waals surface area contributed by atoms with Crippen molar-refractivity contribution in [2.24, 2.45) is 63.5 Å². The summed E-state index contributed by atoms with van der Waals surface area (Å²) in [6.45, 7) is 16.4. The summed E-state index contributed by atoms with van der Waals surface area (Å²) in [4.78, 5) is 0. The van der Waals surface area contributed by atoms with Crippen molar-refractivity contribution in [2.75, 3.05) is 52.7 Å². The minimum absolute atomic E-state index is 0.162. The van der Waals surface area contributed by atoms with Gasteiger partial charge < -0.3 is 36.1 Å². The highest BCUT2D eigenvalue weighted by Gasteiger charge is 2.66. The lowest BCUT2D eigenvalue weighted by Crippen LogP contribution is -2.63. The first kappa shape index (κ1) is 40.5. The number of rotatable bonds is 24. The van der Waals surface area contributed by atoms with Crippen molar-refractivity contribution in [2.45, 2.75) is 162 Å². The third-order valence-corrected chi connectivity index (χ3v) is 14.1. The molecule has 7 heteroatoms. The number of hydrogen-bond donors (Lipinski definition) is 3. The molecule has 4 rings (SSSR count). The van der Waals surface area contributed by atoms with Crippen LogP contribution in [0.25, 0.3) is 0 Å². The zero-order valence-corrected chi connectivity index (χ0v) is 31.9. The molecule has 0 aromatic carbocycles. The fourth-order valence-corrected chi connectivity index (χ4v) is 11.4. The summed E-state index contributed by atoms with van der Waals surface area (Å²) in [7, 11) is 0. The highest BCUT2D eigenvalue weighted by Crippen LogP contribution is 2.69. The average molecular weight is 678 g/mol. The van der Waals surface area contributed by atoms with Crippen molar-refractivity contribution in [3.05, 3.63) is 0 Å². The molecule has 0 saturated heterocycles. The van der Waals surface area contributed by atoms with Crippen LogP contribution in [-0.4, -0.2) is 71.0 Å². The van der Waals surface area contributed by atoms with Crippen molar-refractivity contribution in [3.8, 4) is 0 Å². The van der Waals surface area contributed by atoms with E-state index in [0.717, 1.165) is 71.6 Å². The Kier molecular flexibility index (Phi) is 17.4. The largest absolute Gasteiger partial charge is 0.381 e. The monoisotopic (exact) mass is 678 g/mol. The first-order chi connectivity index (χ1) is 23.3. The molecule has 4 aliphatic rings. The molecule has 0 amide bonds. The average Bonchev–Trinajstić information content (AvgIpc) is 3.44. The van der Waals surface area contributed by atoms with Gasteiger partial charge in [-0.15, -0.1) is 0 Å². The zero-order chi connectivity index (χ0) is 34.4. The van der Waals surface area contributed by atoms with Gasteiger partial charge in [-0.2, -0.15) is 0 Å². The molecule has 3 unspecified atom stereocenters. The van der Waals surface area contributed by atoms with E-state index in [9.17, 15) is 0 Å². The number of ether oxygens (including phenoxy) is 4. The third kappa shape index (κ3) is 9.98. The van der Waals surface area contributed by atoms with Crippen molar-refractivity contribution in [1.82, 2.24) is 0 Å². The lowest BCUT2D eigenvalue weighted by atomic mass is 9.43. The van der Waals surface area contributed by atoms with Gasteiger partial charge in [-0.05, 0) is 144 Å². The van der Waals surface area contributed by atoms with Crippen LogP contribution in [0.3, 0.4) is 0 Å². The van der Waals surface area contributed by atoms with E-state index in [1.807, 2.05) is 0 Å². The quantitative estimate of drug-likeness (QED) is 0.0891. The number of unbranched alkanes of at least 4 members (excludes halogenated alkanes) is 5. The summed E-state index contributed by atoms with van der Waals surface area (Å²) < 4.78 is 26.5. The van der Waals surface area contributed by atoms with Gasteiger partial charge >= 0.3 is 0 Å². The van der Waals surface area contributed by atoms with E-state index in [-0.39, 0.29) is 11.5 Å². The molecule has 0 aliphatic heterocycles. The first-order valence-corrected chi connectivity index (χ1v) is 20.9. The normalized spacial score (nSPS) is 36.8. The Morgan fingerprint density at radius 2 is 1.33 bits per heavy atom. The van der Waals surface area contributed by atoms with Crippen molar-refractivity contribution >= 4 is 0 Å². The van der Waals surface area contributed by atoms with Crippen LogP contribution >= 0.6 is 0 Å². The van der Waals surface area contributed by atoms with Gasteiger partial charge in [0, 0.05) is 38.4 Å². The molecule has 4 saturated carbocycles. The number of hydrogen-bond acceptors (Lipinski definition) is 7. The molecule has 0 aromatic heterocycles. The van der Waals surface area contributed by atoms with Crippen molar-refractivity contribution < 1.29 is 18.9 Å². The second-order valence-corrected chi connectivity index (χ2v) is 17.0. The molecule has 4 fully saturated rings. The second kappa shape index (κ2) is 20.7. The predicted octanol–water partition coefficient (Wildman–Crippen LogP) is 7.86.